The van der Waals surface area contributed by atoms with Crippen molar-refractivity contribution in [3.63, 3.8) is 0 Å². The molecule has 0 radical (unpaired) electrons. The SMILES string of the molecule is CC[C@@H]1CCCCN1c1nc(C[NH+]2CCOCC2)nc2sc3c(c12)CCC3. The molecule has 0 aromatic carbocycles. The van der Waals surface area contributed by atoms with E-state index in [0.29, 0.717) is 6.04 Å². The molecule has 5 nitrogen and oxygen atoms in total. The Morgan fingerprint density at radius 3 is 2.89 bits per heavy atom. The third-order valence-corrected chi connectivity index (χ3v) is 7.76. The number of piperidine rings is 1. The molecule has 0 bridgehead atoms. The number of nitrogens with one attached hydrogen (secondary N) is 1. The average molecular weight is 388 g/mol. The third-order valence-electron chi connectivity index (χ3n) is 6.57. The summed E-state index contributed by atoms with van der Waals surface area (Å²) in [4.78, 5) is 17.3. The van der Waals surface area contributed by atoms with E-state index < -0.39 is 0 Å². The fourth-order valence-electron chi connectivity index (χ4n) is 5.07. The van der Waals surface area contributed by atoms with Crippen molar-refractivity contribution in [2.45, 2.75) is 64.5 Å². The van der Waals surface area contributed by atoms with Crippen molar-refractivity contribution in [2.75, 3.05) is 37.7 Å². The molecule has 27 heavy (non-hydrogen) atoms. The van der Waals surface area contributed by atoms with Crippen molar-refractivity contribution in [2.24, 2.45) is 0 Å². The van der Waals surface area contributed by atoms with Crippen LogP contribution in [0.2, 0.25) is 0 Å². The van der Waals surface area contributed by atoms with E-state index >= 15 is 0 Å². The number of hydrogen-bond acceptors (Lipinski definition) is 5. The third kappa shape index (κ3) is 3.36. The molecule has 0 spiro atoms. The number of hydrogen-bond donors (Lipinski definition) is 1. The van der Waals surface area contributed by atoms with Crippen molar-refractivity contribution >= 4 is 27.4 Å². The molecule has 4 heterocycles. The molecule has 1 aliphatic carbocycles. The highest BCUT2D eigenvalue weighted by atomic mass is 32.1. The van der Waals surface area contributed by atoms with Crippen LogP contribution in [0.25, 0.3) is 10.2 Å². The predicted molar refractivity (Wildman–Crippen MR) is 110 cm³/mol. The van der Waals surface area contributed by atoms with E-state index in [-0.39, 0.29) is 0 Å². The monoisotopic (exact) mass is 387 g/mol. The standard InChI is InChI=1S/C21H30N4OS/c1-2-15-6-3-4-9-25(15)20-19-16-7-5-8-17(16)27-21(19)23-18(22-20)14-24-10-12-26-13-11-24/h15H,2-14H2,1H3/p+1/t15-/m1/s1. The normalized spacial score (nSPS) is 23.9. The Morgan fingerprint density at radius 2 is 2.04 bits per heavy atom. The summed E-state index contributed by atoms with van der Waals surface area (Å²) in [5, 5.41) is 1.40. The molecule has 2 aromatic rings. The predicted octanol–water partition coefficient (Wildman–Crippen LogP) is 2.36. The Bertz CT molecular complexity index is 814. The molecule has 0 unspecified atom stereocenters. The number of fused-ring (bicyclic) bond motifs is 3. The summed E-state index contributed by atoms with van der Waals surface area (Å²) >= 11 is 1.94. The summed E-state index contributed by atoms with van der Waals surface area (Å²) in [7, 11) is 0. The molecular formula is C21H31N4OS+. The van der Waals surface area contributed by atoms with Gasteiger partial charge in [0.05, 0.1) is 18.6 Å². The first-order valence-corrected chi connectivity index (χ1v) is 11.6. The van der Waals surface area contributed by atoms with Crippen LogP contribution in [0, 0.1) is 0 Å². The van der Waals surface area contributed by atoms with Gasteiger partial charge in [-0.15, -0.1) is 11.3 Å². The van der Waals surface area contributed by atoms with Gasteiger partial charge in [-0.1, -0.05) is 6.92 Å². The zero-order valence-electron chi connectivity index (χ0n) is 16.4. The first-order valence-electron chi connectivity index (χ1n) is 10.8. The van der Waals surface area contributed by atoms with Crippen molar-refractivity contribution in [1.29, 1.82) is 0 Å². The van der Waals surface area contributed by atoms with Crippen LogP contribution in [0.1, 0.15) is 55.3 Å². The first-order chi connectivity index (χ1) is 13.3. The molecule has 2 fully saturated rings. The van der Waals surface area contributed by atoms with Gasteiger partial charge in [0.2, 0.25) is 0 Å². The van der Waals surface area contributed by atoms with Crippen LogP contribution in [0.15, 0.2) is 0 Å². The van der Waals surface area contributed by atoms with Crippen molar-refractivity contribution in [3.05, 3.63) is 16.3 Å². The maximum Gasteiger partial charge on any atom is 0.187 e. The lowest BCUT2D eigenvalue weighted by molar-refractivity contribution is -0.922. The minimum absolute atomic E-state index is 0.636. The maximum atomic E-state index is 5.53. The molecule has 2 aliphatic heterocycles. The first kappa shape index (κ1) is 17.8. The molecule has 5 rings (SSSR count). The van der Waals surface area contributed by atoms with Crippen LogP contribution in [0.4, 0.5) is 5.82 Å². The number of aromatic nitrogens is 2. The lowest BCUT2D eigenvalue weighted by Crippen LogP contribution is -3.12. The lowest BCUT2D eigenvalue weighted by Gasteiger charge is -2.37. The van der Waals surface area contributed by atoms with E-state index in [4.69, 9.17) is 14.7 Å². The molecule has 3 aliphatic rings. The summed E-state index contributed by atoms with van der Waals surface area (Å²) in [6.45, 7) is 8.28. The van der Waals surface area contributed by atoms with Crippen LogP contribution in [-0.2, 0) is 24.1 Å². The van der Waals surface area contributed by atoms with Gasteiger partial charge < -0.3 is 14.5 Å². The minimum Gasteiger partial charge on any atom is -0.370 e. The molecular weight excluding hydrogens is 356 g/mol. The lowest BCUT2D eigenvalue weighted by atomic mass is 9.99. The van der Waals surface area contributed by atoms with Gasteiger partial charge in [-0.05, 0) is 50.5 Å². The van der Waals surface area contributed by atoms with Crippen LogP contribution in [-0.4, -0.2) is 48.9 Å². The molecule has 0 amide bonds. The number of quaternary nitrogens is 1. The molecule has 1 N–H and O–H groups in total. The summed E-state index contributed by atoms with van der Waals surface area (Å²) in [6, 6.07) is 0.636. The van der Waals surface area contributed by atoms with E-state index in [2.05, 4.69) is 11.8 Å². The number of ether oxygens (including phenoxy) is 1. The van der Waals surface area contributed by atoms with Gasteiger partial charge in [0.15, 0.2) is 5.82 Å². The Labute approximate surface area is 165 Å². The van der Waals surface area contributed by atoms with Crippen LogP contribution in [0.3, 0.4) is 0 Å². The molecule has 0 saturated carbocycles. The van der Waals surface area contributed by atoms with Gasteiger partial charge >= 0.3 is 0 Å². The highest BCUT2D eigenvalue weighted by Gasteiger charge is 2.29. The largest absolute Gasteiger partial charge is 0.370 e. The van der Waals surface area contributed by atoms with Gasteiger partial charge in [0.25, 0.3) is 0 Å². The smallest absolute Gasteiger partial charge is 0.187 e. The van der Waals surface area contributed by atoms with Gasteiger partial charge in [-0.25, -0.2) is 9.97 Å². The van der Waals surface area contributed by atoms with Crippen molar-refractivity contribution in [3.8, 4) is 0 Å². The van der Waals surface area contributed by atoms with E-state index in [1.165, 1.54) is 61.0 Å². The van der Waals surface area contributed by atoms with Crippen LogP contribution < -0.4 is 9.80 Å². The number of morpholine rings is 1. The average Bonchev–Trinajstić information content (AvgIpc) is 3.29. The van der Waals surface area contributed by atoms with E-state index in [0.717, 1.165) is 45.2 Å². The van der Waals surface area contributed by atoms with Gasteiger partial charge in [0.1, 0.15) is 30.3 Å². The quantitative estimate of drug-likeness (QED) is 0.875. The van der Waals surface area contributed by atoms with Crippen molar-refractivity contribution in [1.82, 2.24) is 9.97 Å². The van der Waals surface area contributed by atoms with Gasteiger partial charge in [-0.2, -0.15) is 0 Å². The summed E-state index contributed by atoms with van der Waals surface area (Å²) in [5.74, 6) is 2.29. The van der Waals surface area contributed by atoms with E-state index in [9.17, 15) is 0 Å². The number of rotatable bonds is 4. The second-order valence-electron chi connectivity index (χ2n) is 8.29. The van der Waals surface area contributed by atoms with Crippen LogP contribution >= 0.6 is 11.3 Å². The Kier molecular flexibility index (Phi) is 5.05. The second-order valence-corrected chi connectivity index (χ2v) is 9.37. The molecule has 1 atom stereocenters. The maximum absolute atomic E-state index is 5.53. The zero-order valence-corrected chi connectivity index (χ0v) is 17.2. The number of anilines is 1. The van der Waals surface area contributed by atoms with Crippen LogP contribution in [0.5, 0.6) is 0 Å². The summed E-state index contributed by atoms with van der Waals surface area (Å²) in [5.41, 5.74) is 1.57. The van der Waals surface area contributed by atoms with Gasteiger partial charge in [-0.3, -0.25) is 0 Å². The zero-order chi connectivity index (χ0) is 18.2. The summed E-state index contributed by atoms with van der Waals surface area (Å²) in [6.07, 6.45) is 8.91. The number of thiophene rings is 1. The number of aryl methyl sites for hydroxylation is 2. The highest BCUT2D eigenvalue weighted by Crippen LogP contribution is 2.42. The Morgan fingerprint density at radius 1 is 1.15 bits per heavy atom. The van der Waals surface area contributed by atoms with E-state index in [1.807, 2.05) is 11.3 Å². The van der Waals surface area contributed by atoms with E-state index in [1.54, 1.807) is 15.3 Å². The molecule has 146 valence electrons. The molecule has 2 saturated heterocycles. The Balaban J connectivity index is 1.57. The molecule has 6 heteroatoms. The van der Waals surface area contributed by atoms with Gasteiger partial charge in [0, 0.05) is 17.5 Å². The second kappa shape index (κ2) is 7.64. The highest BCUT2D eigenvalue weighted by molar-refractivity contribution is 7.19. The molecule has 2 aromatic heterocycles. The fraction of sp³-hybridized carbons (Fsp3) is 0.714. The summed E-state index contributed by atoms with van der Waals surface area (Å²) < 4.78 is 5.53. The van der Waals surface area contributed by atoms with Crippen molar-refractivity contribution < 1.29 is 9.64 Å². The Hall–Kier alpha value is -1.24. The topological polar surface area (TPSA) is 42.7 Å². The number of nitrogens with zero attached hydrogens (tertiary/aromatic N) is 3. The fourth-order valence-corrected chi connectivity index (χ4v) is 6.35. The minimum atomic E-state index is 0.636.